The summed E-state index contributed by atoms with van der Waals surface area (Å²) in [6.07, 6.45) is 6.13. The highest BCUT2D eigenvalue weighted by atomic mass is 16.5. The van der Waals surface area contributed by atoms with E-state index in [9.17, 15) is 9.90 Å². The van der Waals surface area contributed by atoms with Gasteiger partial charge < -0.3 is 24.2 Å². The van der Waals surface area contributed by atoms with Crippen molar-refractivity contribution in [2.24, 2.45) is 0 Å². The fourth-order valence-corrected chi connectivity index (χ4v) is 6.63. The monoisotopic (exact) mass is 552 g/mol. The number of benzene rings is 2. The highest BCUT2D eigenvalue weighted by molar-refractivity contribution is 5.99. The number of carboxylic acid groups (broad SMARTS) is 1. The molecule has 0 unspecified atom stereocenters. The minimum Gasteiger partial charge on any atom is -0.487 e. The third kappa shape index (κ3) is 5.55. The Hall–Kier alpha value is -3.84. The van der Waals surface area contributed by atoms with Crippen LogP contribution in [0.25, 0.3) is 22.2 Å². The van der Waals surface area contributed by atoms with E-state index in [1.807, 2.05) is 31.2 Å². The lowest BCUT2D eigenvalue weighted by atomic mass is 9.81. The van der Waals surface area contributed by atoms with Crippen LogP contribution in [0, 0.1) is 6.92 Å². The summed E-state index contributed by atoms with van der Waals surface area (Å²) in [7, 11) is 4.22. The van der Waals surface area contributed by atoms with Gasteiger partial charge in [0.2, 0.25) is 0 Å². The van der Waals surface area contributed by atoms with Crippen molar-refractivity contribution >= 4 is 22.6 Å². The summed E-state index contributed by atoms with van der Waals surface area (Å²) in [4.78, 5) is 21.3. The number of anilines is 1. The second-order valence-corrected chi connectivity index (χ2v) is 11.8. The van der Waals surface area contributed by atoms with Crippen LogP contribution in [-0.4, -0.2) is 59.3 Å². The number of aromatic carboxylic acids is 1. The van der Waals surface area contributed by atoms with Gasteiger partial charge in [-0.15, -0.1) is 0 Å². The van der Waals surface area contributed by atoms with Gasteiger partial charge in [-0.1, -0.05) is 31.4 Å². The van der Waals surface area contributed by atoms with Crippen molar-refractivity contribution in [2.45, 2.75) is 58.1 Å². The van der Waals surface area contributed by atoms with Gasteiger partial charge in [-0.3, -0.25) is 4.98 Å². The van der Waals surface area contributed by atoms with Crippen LogP contribution in [0.5, 0.6) is 5.75 Å². The second kappa shape index (κ2) is 11.6. The first-order valence-corrected chi connectivity index (χ1v) is 14.9. The minimum absolute atomic E-state index is 0.343. The quantitative estimate of drug-likeness (QED) is 0.262. The zero-order valence-corrected chi connectivity index (χ0v) is 24.4. The van der Waals surface area contributed by atoms with Crippen molar-refractivity contribution < 1.29 is 14.6 Å². The molecule has 1 fully saturated rings. The highest BCUT2D eigenvalue weighted by Gasteiger charge is 2.31. The summed E-state index contributed by atoms with van der Waals surface area (Å²) in [5, 5.41) is 11.0. The van der Waals surface area contributed by atoms with Gasteiger partial charge in [0.15, 0.2) is 0 Å². The fourth-order valence-electron chi connectivity index (χ4n) is 6.63. The molecule has 0 amide bonds. The predicted molar refractivity (Wildman–Crippen MR) is 164 cm³/mol. The van der Waals surface area contributed by atoms with Gasteiger partial charge >= 0.3 is 5.97 Å². The van der Waals surface area contributed by atoms with Crippen LogP contribution >= 0.6 is 0 Å². The molecular weight excluding hydrogens is 512 g/mol. The third-order valence-electron chi connectivity index (χ3n) is 8.67. The molecule has 4 aromatic rings. The van der Waals surface area contributed by atoms with E-state index in [4.69, 9.17) is 4.74 Å². The number of rotatable bonds is 8. The summed E-state index contributed by atoms with van der Waals surface area (Å²) in [5.41, 5.74) is 8.31. The Morgan fingerprint density at radius 2 is 1.88 bits per heavy atom. The minimum atomic E-state index is -0.881. The van der Waals surface area contributed by atoms with Crippen molar-refractivity contribution in [3.05, 3.63) is 77.1 Å². The van der Waals surface area contributed by atoms with Gasteiger partial charge in [0.1, 0.15) is 12.4 Å². The Balaban J connectivity index is 1.49. The number of nitrogens with zero attached hydrogens (tertiary/aromatic N) is 4. The molecule has 0 radical (unpaired) electrons. The van der Waals surface area contributed by atoms with Crippen molar-refractivity contribution in [1.82, 2.24) is 14.5 Å². The third-order valence-corrected chi connectivity index (χ3v) is 8.67. The molecule has 0 saturated heterocycles. The number of likely N-dealkylation sites (N-methyl/N-ethyl adjacent to an activating group) is 1. The van der Waals surface area contributed by atoms with Crippen LogP contribution in [0.15, 0.2) is 54.6 Å². The fraction of sp³-hybridized carbons (Fsp3) is 0.412. The first-order chi connectivity index (χ1) is 19.9. The van der Waals surface area contributed by atoms with Crippen molar-refractivity contribution in [2.75, 3.05) is 38.6 Å². The molecule has 0 atom stereocenters. The number of hydrogen-bond donors (Lipinski definition) is 1. The molecule has 0 bridgehead atoms. The smallest absolute Gasteiger partial charge is 0.335 e. The Morgan fingerprint density at radius 1 is 1.05 bits per heavy atom. The van der Waals surface area contributed by atoms with Crippen molar-refractivity contribution in [3.8, 4) is 17.0 Å². The molecule has 2 aromatic heterocycles. The molecule has 41 heavy (non-hydrogen) atoms. The first-order valence-electron chi connectivity index (χ1n) is 14.9. The lowest BCUT2D eigenvalue weighted by Gasteiger charge is -2.27. The van der Waals surface area contributed by atoms with Crippen molar-refractivity contribution in [1.29, 1.82) is 0 Å². The first kappa shape index (κ1) is 27.3. The van der Waals surface area contributed by atoms with E-state index in [2.05, 4.69) is 57.7 Å². The van der Waals surface area contributed by atoms with Gasteiger partial charge in [-0.25, -0.2) is 4.79 Å². The molecule has 6 rings (SSSR count). The van der Waals surface area contributed by atoms with Crippen LogP contribution in [0.3, 0.4) is 0 Å². The molecule has 1 N–H and O–H groups in total. The molecule has 7 nitrogen and oxygen atoms in total. The highest BCUT2D eigenvalue weighted by Crippen LogP contribution is 2.48. The van der Waals surface area contributed by atoms with Crippen LogP contribution in [0.2, 0.25) is 0 Å². The molecule has 0 spiro atoms. The number of aryl methyl sites for hydroxylation is 1. The Bertz CT molecular complexity index is 1570. The van der Waals surface area contributed by atoms with Gasteiger partial charge in [-0.2, -0.15) is 0 Å². The molecule has 1 aliphatic heterocycles. The Labute approximate surface area is 242 Å². The maximum absolute atomic E-state index is 12.0. The van der Waals surface area contributed by atoms with E-state index in [0.717, 1.165) is 48.8 Å². The molecule has 7 heteroatoms. The topological polar surface area (TPSA) is 70.8 Å². The molecular formula is C34H40N4O3. The molecule has 2 aliphatic rings. The largest absolute Gasteiger partial charge is 0.487 e. The van der Waals surface area contributed by atoms with E-state index < -0.39 is 5.97 Å². The van der Waals surface area contributed by atoms with Crippen molar-refractivity contribution in [3.63, 3.8) is 0 Å². The maximum atomic E-state index is 12.0. The number of carbonyl (C=O) groups is 1. The van der Waals surface area contributed by atoms with Gasteiger partial charge in [0.05, 0.1) is 17.0 Å². The summed E-state index contributed by atoms with van der Waals surface area (Å²) in [6, 6.07) is 18.2. The van der Waals surface area contributed by atoms with E-state index in [1.54, 1.807) is 6.07 Å². The number of ether oxygens (including phenoxy) is 1. The Kier molecular flexibility index (Phi) is 7.71. The summed E-state index contributed by atoms with van der Waals surface area (Å²) < 4.78 is 8.69. The zero-order valence-electron chi connectivity index (χ0n) is 24.4. The molecule has 2 aromatic carbocycles. The second-order valence-electron chi connectivity index (χ2n) is 11.8. The number of pyridine rings is 1. The standard InChI is InChI=1S/C34H40N4O3/c1-23-8-7-11-26(35-23)22-41-27-13-15-29-30(21-27)37(17-16-36(2)3)18-19-38-31-20-25(34(39)40)12-14-28(31)32(33(29)38)24-9-5-4-6-10-24/h7-8,11-15,20-21,24H,4-6,9-10,16-19,22H2,1-3H3,(H,39,40). The zero-order chi connectivity index (χ0) is 28.5. The number of hydrogen-bond acceptors (Lipinski definition) is 5. The van der Waals surface area contributed by atoms with E-state index in [0.29, 0.717) is 18.1 Å². The van der Waals surface area contributed by atoms with Gasteiger partial charge in [0.25, 0.3) is 0 Å². The summed E-state index contributed by atoms with van der Waals surface area (Å²) in [5.74, 6) is 0.426. The van der Waals surface area contributed by atoms with Crippen LogP contribution in [0.4, 0.5) is 5.69 Å². The van der Waals surface area contributed by atoms with Crippen LogP contribution < -0.4 is 9.64 Å². The molecule has 3 heterocycles. The lowest BCUT2D eigenvalue weighted by molar-refractivity contribution is 0.0697. The average Bonchev–Trinajstić information content (AvgIpc) is 3.20. The van der Waals surface area contributed by atoms with E-state index >= 15 is 0 Å². The van der Waals surface area contributed by atoms with E-state index in [1.165, 1.54) is 60.0 Å². The number of aromatic nitrogens is 2. The summed E-state index contributed by atoms with van der Waals surface area (Å²) >= 11 is 0. The number of fused-ring (bicyclic) bond motifs is 5. The van der Waals surface area contributed by atoms with Gasteiger partial charge in [0, 0.05) is 60.1 Å². The SMILES string of the molecule is Cc1cccc(COc2ccc3c(c2)N(CCN(C)C)CCn2c-3c(C3CCCCC3)c3ccc(C(=O)O)cc32)n1. The van der Waals surface area contributed by atoms with Crippen LogP contribution in [0.1, 0.15) is 65.3 Å². The molecule has 214 valence electrons. The maximum Gasteiger partial charge on any atom is 0.335 e. The van der Waals surface area contributed by atoms with E-state index in [-0.39, 0.29) is 0 Å². The Morgan fingerprint density at radius 3 is 2.63 bits per heavy atom. The van der Waals surface area contributed by atoms with Gasteiger partial charge in [-0.05, 0) is 81.7 Å². The normalized spacial score (nSPS) is 15.6. The molecule has 1 saturated carbocycles. The molecule has 1 aliphatic carbocycles. The summed E-state index contributed by atoms with van der Waals surface area (Å²) in [6.45, 7) is 5.88. The van der Waals surface area contributed by atoms with Crippen LogP contribution in [-0.2, 0) is 13.2 Å². The average molecular weight is 553 g/mol. The lowest BCUT2D eigenvalue weighted by Crippen LogP contribution is -2.33. The predicted octanol–water partition coefficient (Wildman–Crippen LogP) is 6.72. The number of carboxylic acids is 1.